The summed E-state index contributed by atoms with van der Waals surface area (Å²) in [5, 5.41) is 22.6. The number of carbonyl (C=O) groups excluding carboxylic acids is 1. The molecule has 4 aromatic rings. The van der Waals surface area contributed by atoms with Gasteiger partial charge in [0.1, 0.15) is 0 Å². The van der Waals surface area contributed by atoms with E-state index >= 15 is 4.39 Å². The normalized spacial score (nSPS) is 15.2. The highest BCUT2D eigenvalue weighted by Gasteiger charge is 2.21. The third-order valence-corrected chi connectivity index (χ3v) is 8.24. The Labute approximate surface area is 271 Å². The summed E-state index contributed by atoms with van der Waals surface area (Å²) in [5.41, 5.74) is 4.33. The summed E-state index contributed by atoms with van der Waals surface area (Å²) in [7, 11) is 1.56. The molecule has 12 heteroatoms. The minimum atomic E-state index is -0.534. The maximum Gasteiger partial charge on any atom is 0.220 e. The van der Waals surface area contributed by atoms with Gasteiger partial charge in [-0.1, -0.05) is 53.5 Å². The molecular weight excluding hydrogens is 618 g/mol. The fraction of sp³-hybridized carbons (Fsp3) is 0.303. The van der Waals surface area contributed by atoms with Crippen molar-refractivity contribution in [2.24, 2.45) is 0 Å². The predicted molar refractivity (Wildman–Crippen MR) is 175 cm³/mol. The molecule has 0 radical (unpaired) electrons. The van der Waals surface area contributed by atoms with Crippen LogP contribution in [-0.2, 0) is 17.9 Å². The Hall–Kier alpha value is -3.80. The van der Waals surface area contributed by atoms with E-state index in [9.17, 15) is 9.90 Å². The third-order valence-electron chi connectivity index (χ3n) is 7.45. The number of ether oxygens (including phenoxy) is 1. The van der Waals surface area contributed by atoms with E-state index in [0.717, 1.165) is 12.0 Å². The Bertz CT molecular complexity index is 1670. The van der Waals surface area contributed by atoms with Crippen molar-refractivity contribution in [3.05, 3.63) is 87.8 Å². The maximum atomic E-state index is 15.3. The zero-order valence-electron chi connectivity index (χ0n) is 25.0. The van der Waals surface area contributed by atoms with Gasteiger partial charge in [-0.25, -0.2) is 9.37 Å². The number of anilines is 2. The van der Waals surface area contributed by atoms with Crippen molar-refractivity contribution in [1.29, 1.82) is 0 Å². The molecule has 0 aliphatic carbocycles. The molecular formula is C33H35Cl2FN6O3. The molecule has 2 aromatic heterocycles. The smallest absolute Gasteiger partial charge is 0.220 e. The summed E-state index contributed by atoms with van der Waals surface area (Å²) < 4.78 is 20.9. The third kappa shape index (κ3) is 7.89. The van der Waals surface area contributed by atoms with Gasteiger partial charge in [-0.3, -0.25) is 9.78 Å². The van der Waals surface area contributed by atoms with Crippen LogP contribution in [0.15, 0.2) is 60.8 Å². The van der Waals surface area contributed by atoms with E-state index in [0.29, 0.717) is 75.7 Å². The second-order valence-corrected chi connectivity index (χ2v) is 11.6. The molecule has 3 heterocycles. The molecule has 2 atom stereocenters. The lowest BCUT2D eigenvalue weighted by atomic mass is 10.0. The van der Waals surface area contributed by atoms with Gasteiger partial charge in [-0.2, -0.15) is 0 Å². The van der Waals surface area contributed by atoms with Gasteiger partial charge in [-0.05, 0) is 37.6 Å². The van der Waals surface area contributed by atoms with Crippen LogP contribution in [0.4, 0.5) is 15.8 Å². The number of hydrogen-bond donors (Lipinski definition) is 5. The quantitative estimate of drug-likeness (QED) is 0.122. The lowest BCUT2D eigenvalue weighted by Gasteiger charge is -2.16. The van der Waals surface area contributed by atoms with Crippen LogP contribution in [-0.4, -0.2) is 53.3 Å². The van der Waals surface area contributed by atoms with Crippen LogP contribution in [0.25, 0.3) is 22.5 Å². The van der Waals surface area contributed by atoms with Crippen LogP contribution < -0.4 is 26.0 Å². The number of nitrogens with one attached hydrogen (secondary N) is 4. The number of halogens is 3. The summed E-state index contributed by atoms with van der Waals surface area (Å²) in [5.74, 6) is 0.124. The SMILES string of the molecule is COc1nc(-c2ccnc(-c3cccc(Nc4cccc(CNCC(C)O)c4F)c3Cl)c2Cl)ccc1CNCC1CCC(=O)N1. The Morgan fingerprint density at radius 1 is 1.02 bits per heavy atom. The molecule has 0 spiro atoms. The van der Waals surface area contributed by atoms with E-state index < -0.39 is 11.9 Å². The lowest BCUT2D eigenvalue weighted by Crippen LogP contribution is -2.35. The van der Waals surface area contributed by atoms with Crippen LogP contribution in [0.2, 0.25) is 10.0 Å². The highest BCUT2D eigenvalue weighted by atomic mass is 35.5. The molecule has 5 N–H and O–H groups in total. The Kier molecular flexibility index (Phi) is 10.9. The first-order valence-electron chi connectivity index (χ1n) is 14.7. The average molecular weight is 654 g/mol. The monoisotopic (exact) mass is 652 g/mol. The number of carbonyl (C=O) groups is 1. The van der Waals surface area contributed by atoms with Crippen LogP contribution in [0, 0.1) is 5.82 Å². The highest BCUT2D eigenvalue weighted by molar-refractivity contribution is 6.39. The Balaban J connectivity index is 1.36. The minimum Gasteiger partial charge on any atom is -0.481 e. The van der Waals surface area contributed by atoms with Gasteiger partial charge in [0.05, 0.1) is 46.0 Å². The second kappa shape index (κ2) is 15.0. The summed E-state index contributed by atoms with van der Waals surface area (Å²) in [4.78, 5) is 20.7. The summed E-state index contributed by atoms with van der Waals surface area (Å²) in [6.07, 6.45) is 2.48. The molecule has 236 valence electrons. The first-order chi connectivity index (χ1) is 21.7. The van der Waals surface area contributed by atoms with Gasteiger partial charge < -0.3 is 31.1 Å². The lowest BCUT2D eigenvalue weighted by molar-refractivity contribution is -0.119. The van der Waals surface area contributed by atoms with Crippen molar-refractivity contribution in [3.63, 3.8) is 0 Å². The maximum absolute atomic E-state index is 15.3. The van der Waals surface area contributed by atoms with Crippen molar-refractivity contribution < 1.29 is 19.0 Å². The number of amides is 1. The fourth-order valence-corrected chi connectivity index (χ4v) is 5.73. The molecule has 2 unspecified atom stereocenters. The zero-order chi connectivity index (χ0) is 31.9. The fourth-order valence-electron chi connectivity index (χ4n) is 5.16. The number of aliphatic hydroxyl groups is 1. The van der Waals surface area contributed by atoms with Crippen LogP contribution in [0.1, 0.15) is 30.9 Å². The van der Waals surface area contributed by atoms with Crippen molar-refractivity contribution in [2.75, 3.05) is 25.5 Å². The number of rotatable bonds is 13. The number of benzene rings is 2. The van der Waals surface area contributed by atoms with Crippen molar-refractivity contribution in [3.8, 4) is 28.4 Å². The van der Waals surface area contributed by atoms with Gasteiger partial charge in [0.15, 0.2) is 5.82 Å². The van der Waals surface area contributed by atoms with Crippen LogP contribution in [0.3, 0.4) is 0 Å². The molecule has 5 rings (SSSR count). The number of aliphatic hydroxyl groups excluding tert-OH is 1. The Morgan fingerprint density at radius 3 is 2.56 bits per heavy atom. The predicted octanol–water partition coefficient (Wildman–Crippen LogP) is 5.85. The van der Waals surface area contributed by atoms with Crippen molar-refractivity contribution >= 4 is 40.5 Å². The van der Waals surface area contributed by atoms with Gasteiger partial charge >= 0.3 is 0 Å². The number of nitrogens with zero attached hydrogens (tertiary/aromatic N) is 2. The standard InChI is InChI=1S/C33H35Cl2FN6O3/c1-19(43)15-37-16-20-5-3-8-27(31(20)36)41-26-7-4-6-24(29(26)34)32-30(35)23(13-14-39-32)25-11-9-21(33(42-25)45-2)17-38-18-22-10-12-28(44)40-22/h3-9,11,13-14,19,22,37-38,41,43H,10,12,15-18H2,1-2H3,(H,40,44). The molecule has 0 saturated carbocycles. The molecule has 9 nitrogen and oxygen atoms in total. The van der Waals surface area contributed by atoms with Gasteiger partial charge in [0.25, 0.3) is 0 Å². The first kappa shape index (κ1) is 32.6. The highest BCUT2D eigenvalue weighted by Crippen LogP contribution is 2.41. The summed E-state index contributed by atoms with van der Waals surface area (Å²) in [6.45, 7) is 3.46. The van der Waals surface area contributed by atoms with Crippen LogP contribution in [0.5, 0.6) is 5.88 Å². The largest absolute Gasteiger partial charge is 0.481 e. The second-order valence-electron chi connectivity index (χ2n) is 10.9. The van der Waals surface area contributed by atoms with Gasteiger partial charge in [0.2, 0.25) is 11.8 Å². The van der Waals surface area contributed by atoms with E-state index in [1.54, 1.807) is 62.7 Å². The molecule has 1 aliphatic heterocycles. The van der Waals surface area contributed by atoms with Gasteiger partial charge in [-0.15, -0.1) is 0 Å². The molecule has 1 amide bonds. The zero-order valence-corrected chi connectivity index (χ0v) is 26.5. The topological polar surface area (TPSA) is 120 Å². The molecule has 1 saturated heterocycles. The number of hydrogen-bond acceptors (Lipinski definition) is 8. The Morgan fingerprint density at radius 2 is 1.80 bits per heavy atom. The van der Waals surface area contributed by atoms with Gasteiger partial charge in [0, 0.05) is 67.1 Å². The number of pyridine rings is 2. The molecule has 1 fully saturated rings. The van der Waals surface area contributed by atoms with E-state index in [4.69, 9.17) is 32.9 Å². The first-order valence-corrected chi connectivity index (χ1v) is 15.4. The van der Waals surface area contributed by atoms with E-state index in [1.807, 2.05) is 12.1 Å². The molecule has 1 aliphatic rings. The van der Waals surface area contributed by atoms with Crippen LogP contribution >= 0.6 is 23.2 Å². The molecule has 0 bridgehead atoms. The average Bonchev–Trinajstić information content (AvgIpc) is 3.45. The summed E-state index contributed by atoms with van der Waals surface area (Å²) >= 11 is 13.8. The van der Waals surface area contributed by atoms with Crippen molar-refractivity contribution in [2.45, 2.75) is 45.0 Å². The molecule has 2 aromatic carbocycles. The number of aromatic nitrogens is 2. The van der Waals surface area contributed by atoms with Crippen molar-refractivity contribution in [1.82, 2.24) is 25.9 Å². The molecule has 45 heavy (non-hydrogen) atoms. The van der Waals surface area contributed by atoms with E-state index in [-0.39, 0.29) is 24.2 Å². The van der Waals surface area contributed by atoms with E-state index in [2.05, 4.69) is 26.3 Å². The summed E-state index contributed by atoms with van der Waals surface area (Å²) in [6, 6.07) is 16.1. The number of methoxy groups -OCH3 is 1. The van der Waals surface area contributed by atoms with E-state index in [1.165, 1.54) is 0 Å². The minimum absolute atomic E-state index is 0.0840.